The zero-order valence-corrected chi connectivity index (χ0v) is 17.8. The van der Waals surface area contributed by atoms with Crippen LogP contribution in [0.1, 0.15) is 29.5 Å². The van der Waals surface area contributed by atoms with E-state index in [4.69, 9.17) is 4.74 Å². The molecule has 0 unspecified atom stereocenters. The number of carboxylic acid groups (broad SMARTS) is 1. The molecule has 176 valence electrons. The number of carbonyl (C=O) groups is 1. The lowest BCUT2D eigenvalue weighted by Gasteiger charge is -2.41. The molecular formula is C22H22F4N4O3. The van der Waals surface area contributed by atoms with Crippen LogP contribution in [-0.2, 0) is 30.0 Å². The number of alkyl halides is 3. The van der Waals surface area contributed by atoms with Crippen LogP contribution in [0.3, 0.4) is 0 Å². The monoisotopic (exact) mass is 466 g/mol. The fraction of sp³-hybridized carbons (Fsp3) is 0.409. The number of likely N-dealkylation sites (tertiary alicyclic amines) is 1. The van der Waals surface area contributed by atoms with Crippen molar-refractivity contribution in [2.75, 3.05) is 19.7 Å². The molecule has 1 saturated heterocycles. The van der Waals surface area contributed by atoms with Crippen molar-refractivity contribution in [1.82, 2.24) is 19.9 Å². The highest BCUT2D eigenvalue weighted by Crippen LogP contribution is 2.37. The fourth-order valence-electron chi connectivity index (χ4n) is 4.28. The number of benzene rings is 2. The molecule has 1 aliphatic rings. The Bertz CT molecular complexity index is 1150. The number of piperidine rings is 1. The van der Waals surface area contributed by atoms with Crippen molar-refractivity contribution in [2.45, 2.75) is 31.0 Å². The van der Waals surface area contributed by atoms with Gasteiger partial charge in [-0.1, -0.05) is 17.3 Å². The molecule has 1 N–H and O–H groups in total. The van der Waals surface area contributed by atoms with Gasteiger partial charge in [-0.3, -0.25) is 0 Å². The summed E-state index contributed by atoms with van der Waals surface area (Å²) in [7, 11) is 1.51. The van der Waals surface area contributed by atoms with Gasteiger partial charge in [0.05, 0.1) is 24.3 Å². The SMILES string of the molecule is Cn1nnc2c(COCC3(c4ccc(F)cc4)CCN(C(=O)O)CC3)cc(C(F)(F)F)cc21. The summed E-state index contributed by atoms with van der Waals surface area (Å²) in [6, 6.07) is 7.95. The van der Waals surface area contributed by atoms with E-state index in [-0.39, 0.29) is 37.4 Å². The number of fused-ring (bicyclic) bond motifs is 1. The number of aryl methyl sites for hydroxylation is 1. The second kappa shape index (κ2) is 8.62. The van der Waals surface area contributed by atoms with Gasteiger partial charge < -0.3 is 14.7 Å². The highest BCUT2D eigenvalue weighted by Gasteiger charge is 2.38. The van der Waals surface area contributed by atoms with Crippen molar-refractivity contribution in [3.8, 4) is 0 Å². The fourth-order valence-corrected chi connectivity index (χ4v) is 4.28. The maximum absolute atomic E-state index is 13.5. The van der Waals surface area contributed by atoms with Crippen LogP contribution in [0.2, 0.25) is 0 Å². The normalized spacial score (nSPS) is 16.3. The number of halogens is 4. The lowest BCUT2D eigenvalue weighted by Crippen LogP contribution is -2.47. The van der Waals surface area contributed by atoms with Gasteiger partial charge in [-0.2, -0.15) is 13.2 Å². The van der Waals surface area contributed by atoms with Crippen molar-refractivity contribution >= 4 is 17.1 Å². The van der Waals surface area contributed by atoms with Crippen molar-refractivity contribution in [1.29, 1.82) is 0 Å². The Balaban J connectivity index is 1.59. The highest BCUT2D eigenvalue weighted by molar-refractivity contribution is 5.79. The third-order valence-corrected chi connectivity index (χ3v) is 6.21. The first-order valence-electron chi connectivity index (χ1n) is 10.3. The molecule has 0 bridgehead atoms. The Morgan fingerprint density at radius 3 is 2.45 bits per heavy atom. The van der Waals surface area contributed by atoms with E-state index < -0.39 is 29.1 Å². The Kier molecular flexibility index (Phi) is 6.00. The summed E-state index contributed by atoms with van der Waals surface area (Å²) < 4.78 is 60.8. The molecule has 0 spiro atoms. The molecule has 2 aromatic carbocycles. The van der Waals surface area contributed by atoms with Crippen molar-refractivity contribution in [3.05, 3.63) is 58.9 Å². The van der Waals surface area contributed by atoms with Gasteiger partial charge in [0.25, 0.3) is 0 Å². The van der Waals surface area contributed by atoms with Gasteiger partial charge in [0.1, 0.15) is 11.3 Å². The van der Waals surface area contributed by atoms with Gasteiger partial charge in [0, 0.05) is 31.1 Å². The lowest BCUT2D eigenvalue weighted by atomic mass is 9.73. The van der Waals surface area contributed by atoms with E-state index in [0.29, 0.717) is 18.4 Å². The smallest absolute Gasteiger partial charge is 0.416 e. The molecule has 3 aromatic rings. The maximum atomic E-state index is 13.5. The highest BCUT2D eigenvalue weighted by atomic mass is 19.4. The molecule has 4 rings (SSSR count). The predicted octanol–water partition coefficient (Wildman–Crippen LogP) is 4.35. The first-order chi connectivity index (χ1) is 15.6. The van der Waals surface area contributed by atoms with E-state index in [9.17, 15) is 27.5 Å². The van der Waals surface area contributed by atoms with Crippen molar-refractivity contribution in [3.63, 3.8) is 0 Å². The third-order valence-electron chi connectivity index (χ3n) is 6.21. The molecule has 2 heterocycles. The lowest BCUT2D eigenvalue weighted by molar-refractivity contribution is -0.137. The summed E-state index contributed by atoms with van der Waals surface area (Å²) in [6.07, 6.45) is -4.67. The number of aromatic nitrogens is 3. The Morgan fingerprint density at radius 2 is 1.85 bits per heavy atom. The summed E-state index contributed by atoms with van der Waals surface area (Å²) in [4.78, 5) is 12.6. The molecule has 11 heteroatoms. The Hall–Kier alpha value is -3.21. The second-order valence-electron chi connectivity index (χ2n) is 8.26. The van der Waals surface area contributed by atoms with Crippen molar-refractivity contribution < 1.29 is 32.2 Å². The number of hydrogen-bond donors (Lipinski definition) is 1. The largest absolute Gasteiger partial charge is 0.465 e. The summed E-state index contributed by atoms with van der Waals surface area (Å²) in [5.74, 6) is -0.396. The van der Waals surface area contributed by atoms with Gasteiger partial charge in [0.2, 0.25) is 0 Å². The molecule has 0 radical (unpaired) electrons. The van der Waals surface area contributed by atoms with E-state index in [1.165, 1.54) is 28.8 Å². The third kappa shape index (κ3) is 4.63. The van der Waals surface area contributed by atoms with E-state index in [2.05, 4.69) is 10.3 Å². The van der Waals surface area contributed by atoms with Crippen LogP contribution in [-0.4, -0.2) is 50.8 Å². The van der Waals surface area contributed by atoms with Crippen LogP contribution in [0.5, 0.6) is 0 Å². The topological polar surface area (TPSA) is 80.5 Å². The first kappa shape index (κ1) is 23.0. The quantitative estimate of drug-likeness (QED) is 0.566. The van der Waals surface area contributed by atoms with Gasteiger partial charge >= 0.3 is 12.3 Å². The van der Waals surface area contributed by atoms with Crippen LogP contribution < -0.4 is 0 Å². The molecule has 1 aromatic heterocycles. The molecular weight excluding hydrogens is 444 g/mol. The van der Waals surface area contributed by atoms with Crippen LogP contribution in [0.25, 0.3) is 11.0 Å². The van der Waals surface area contributed by atoms with Gasteiger partial charge in [0.15, 0.2) is 0 Å². The minimum Gasteiger partial charge on any atom is -0.465 e. The summed E-state index contributed by atoms with van der Waals surface area (Å²) in [5.41, 5.74) is 0.200. The zero-order valence-electron chi connectivity index (χ0n) is 17.8. The number of rotatable bonds is 5. The number of amides is 1. The number of nitrogens with zero attached hydrogens (tertiary/aromatic N) is 4. The second-order valence-corrected chi connectivity index (χ2v) is 8.26. The first-order valence-corrected chi connectivity index (χ1v) is 10.3. The Labute approximate surface area is 186 Å². The summed E-state index contributed by atoms with van der Waals surface area (Å²) in [5, 5.41) is 17.1. The summed E-state index contributed by atoms with van der Waals surface area (Å²) >= 11 is 0. The molecule has 0 saturated carbocycles. The molecule has 7 nitrogen and oxygen atoms in total. The standard InChI is InChI=1S/C22H22F4N4O3/c1-29-18-11-16(22(24,25)26)10-14(19(18)27-28-29)12-33-13-21(15-2-4-17(23)5-3-15)6-8-30(9-7-21)20(31)32/h2-5,10-11H,6-9,12-13H2,1H3,(H,31,32). The molecule has 1 amide bonds. The molecule has 33 heavy (non-hydrogen) atoms. The molecule has 0 aliphatic carbocycles. The average Bonchev–Trinajstić information content (AvgIpc) is 3.15. The van der Waals surface area contributed by atoms with Crippen LogP contribution >= 0.6 is 0 Å². The van der Waals surface area contributed by atoms with E-state index in [0.717, 1.165) is 17.7 Å². The molecule has 1 fully saturated rings. The van der Waals surface area contributed by atoms with Gasteiger partial charge in [-0.05, 0) is 42.7 Å². The van der Waals surface area contributed by atoms with Gasteiger partial charge in [-0.25, -0.2) is 13.9 Å². The minimum atomic E-state index is -4.54. The van der Waals surface area contributed by atoms with Crippen LogP contribution in [0, 0.1) is 5.82 Å². The van der Waals surface area contributed by atoms with E-state index in [1.807, 2.05) is 0 Å². The minimum absolute atomic E-state index is 0.129. The number of hydrogen-bond acceptors (Lipinski definition) is 4. The maximum Gasteiger partial charge on any atom is 0.416 e. The van der Waals surface area contributed by atoms with Crippen molar-refractivity contribution in [2.24, 2.45) is 7.05 Å². The number of ether oxygens (including phenoxy) is 1. The molecule has 0 atom stereocenters. The average molecular weight is 466 g/mol. The van der Waals surface area contributed by atoms with E-state index >= 15 is 0 Å². The van der Waals surface area contributed by atoms with Crippen LogP contribution in [0.15, 0.2) is 36.4 Å². The van der Waals surface area contributed by atoms with Crippen LogP contribution in [0.4, 0.5) is 22.4 Å². The summed E-state index contributed by atoms with van der Waals surface area (Å²) in [6.45, 7) is 0.539. The van der Waals surface area contributed by atoms with Gasteiger partial charge in [-0.15, -0.1) is 5.10 Å². The zero-order chi connectivity index (χ0) is 23.8. The predicted molar refractivity (Wildman–Crippen MR) is 110 cm³/mol. The molecule has 1 aliphatic heterocycles. The van der Waals surface area contributed by atoms with E-state index in [1.54, 1.807) is 12.1 Å². The Morgan fingerprint density at radius 1 is 1.18 bits per heavy atom.